The minimum atomic E-state index is -2.38. The highest BCUT2D eigenvalue weighted by atomic mass is 32.1. The smallest absolute Gasteiger partial charge is 0.353 e. The SMILES string of the molecule is NC(=O)Cc1sccc1C(Oc1c(F)c(F)c(F)c(F)c1F)C(=O)OC(c1ccccc1)c1ccccc1. The lowest BCUT2D eigenvalue weighted by atomic mass is 10.0. The van der Waals surface area contributed by atoms with Crippen LogP contribution in [0.3, 0.4) is 0 Å². The van der Waals surface area contributed by atoms with Crippen molar-refractivity contribution in [3.8, 4) is 5.75 Å². The first-order valence-corrected chi connectivity index (χ1v) is 11.9. The molecule has 1 amide bonds. The molecule has 0 aliphatic heterocycles. The zero-order chi connectivity index (χ0) is 27.4. The molecule has 0 saturated heterocycles. The number of primary amides is 1. The molecule has 0 aliphatic rings. The van der Waals surface area contributed by atoms with Gasteiger partial charge in [0.05, 0.1) is 6.42 Å². The highest BCUT2D eigenvalue weighted by Gasteiger charge is 2.35. The molecular formula is C27H18F5NO4S. The molecule has 0 bridgehead atoms. The fraction of sp³-hybridized carbons (Fsp3) is 0.111. The lowest BCUT2D eigenvalue weighted by molar-refractivity contribution is -0.156. The second kappa shape index (κ2) is 11.4. The first-order chi connectivity index (χ1) is 18.2. The van der Waals surface area contributed by atoms with E-state index in [1.54, 1.807) is 60.7 Å². The van der Waals surface area contributed by atoms with Gasteiger partial charge in [0.15, 0.2) is 11.9 Å². The zero-order valence-corrected chi connectivity index (χ0v) is 20.1. The monoisotopic (exact) mass is 547 g/mol. The number of carbonyl (C=O) groups is 2. The van der Waals surface area contributed by atoms with Gasteiger partial charge in [0.1, 0.15) is 0 Å². The molecule has 196 valence electrons. The van der Waals surface area contributed by atoms with Crippen molar-refractivity contribution in [2.24, 2.45) is 5.73 Å². The molecule has 0 spiro atoms. The molecule has 2 N–H and O–H groups in total. The molecule has 11 heteroatoms. The van der Waals surface area contributed by atoms with E-state index in [9.17, 15) is 31.5 Å². The number of esters is 1. The third kappa shape index (κ3) is 5.52. The number of halogens is 5. The molecule has 1 unspecified atom stereocenters. The van der Waals surface area contributed by atoms with Crippen molar-refractivity contribution in [1.29, 1.82) is 0 Å². The van der Waals surface area contributed by atoms with E-state index < -0.39 is 58.9 Å². The number of amides is 1. The Morgan fingerprint density at radius 2 is 1.26 bits per heavy atom. The Labute approximate surface area is 217 Å². The number of benzene rings is 3. The molecule has 1 heterocycles. The summed E-state index contributed by atoms with van der Waals surface area (Å²) in [6, 6.07) is 18.3. The van der Waals surface area contributed by atoms with Crippen LogP contribution in [0.1, 0.15) is 33.8 Å². The molecule has 0 fully saturated rings. The summed E-state index contributed by atoms with van der Waals surface area (Å²) >= 11 is 0.979. The molecule has 0 saturated carbocycles. The van der Waals surface area contributed by atoms with Crippen LogP contribution >= 0.6 is 11.3 Å². The van der Waals surface area contributed by atoms with Crippen molar-refractivity contribution < 1.29 is 41.0 Å². The van der Waals surface area contributed by atoms with E-state index in [0.29, 0.717) is 11.1 Å². The Bertz CT molecular complexity index is 1390. The van der Waals surface area contributed by atoms with Crippen molar-refractivity contribution in [2.75, 3.05) is 0 Å². The summed E-state index contributed by atoms with van der Waals surface area (Å²) in [5, 5.41) is 1.45. The number of hydrogen-bond donors (Lipinski definition) is 1. The fourth-order valence-electron chi connectivity index (χ4n) is 3.69. The summed E-state index contributed by atoms with van der Waals surface area (Å²) in [7, 11) is 0. The van der Waals surface area contributed by atoms with E-state index >= 15 is 0 Å². The van der Waals surface area contributed by atoms with Gasteiger partial charge in [-0.1, -0.05) is 60.7 Å². The zero-order valence-electron chi connectivity index (χ0n) is 19.3. The summed E-state index contributed by atoms with van der Waals surface area (Å²) in [6.07, 6.45) is -3.41. The number of thiophene rings is 1. The Kier molecular flexibility index (Phi) is 8.06. The fourth-order valence-corrected chi connectivity index (χ4v) is 4.61. The van der Waals surface area contributed by atoms with Crippen LogP contribution in [0.25, 0.3) is 0 Å². The van der Waals surface area contributed by atoms with Crippen molar-refractivity contribution in [3.63, 3.8) is 0 Å². The van der Waals surface area contributed by atoms with E-state index in [-0.39, 0.29) is 16.9 Å². The lowest BCUT2D eigenvalue weighted by Crippen LogP contribution is -2.26. The highest BCUT2D eigenvalue weighted by molar-refractivity contribution is 7.10. The van der Waals surface area contributed by atoms with Gasteiger partial charge in [-0.05, 0) is 22.6 Å². The van der Waals surface area contributed by atoms with Gasteiger partial charge in [0.25, 0.3) is 0 Å². The number of hydrogen-bond acceptors (Lipinski definition) is 5. The molecule has 38 heavy (non-hydrogen) atoms. The number of carbonyl (C=O) groups excluding carboxylic acids is 2. The minimum absolute atomic E-state index is 0.0809. The van der Waals surface area contributed by atoms with Crippen LogP contribution in [0, 0.1) is 29.1 Å². The topological polar surface area (TPSA) is 78.6 Å². The van der Waals surface area contributed by atoms with Gasteiger partial charge >= 0.3 is 5.97 Å². The Balaban J connectivity index is 1.80. The van der Waals surface area contributed by atoms with E-state index in [1.165, 1.54) is 11.4 Å². The maximum absolute atomic E-state index is 14.5. The maximum atomic E-state index is 14.5. The highest BCUT2D eigenvalue weighted by Crippen LogP contribution is 2.37. The first kappa shape index (κ1) is 26.8. The lowest BCUT2D eigenvalue weighted by Gasteiger charge is -2.24. The number of nitrogens with two attached hydrogens (primary N) is 1. The summed E-state index contributed by atoms with van der Waals surface area (Å²) in [6.45, 7) is 0. The first-order valence-electron chi connectivity index (χ1n) is 11.0. The Morgan fingerprint density at radius 1 is 0.763 bits per heavy atom. The predicted molar refractivity (Wildman–Crippen MR) is 128 cm³/mol. The van der Waals surface area contributed by atoms with Crippen molar-refractivity contribution in [3.05, 3.63) is 123 Å². The third-order valence-electron chi connectivity index (χ3n) is 5.46. The van der Waals surface area contributed by atoms with Crippen molar-refractivity contribution >= 4 is 23.2 Å². The van der Waals surface area contributed by atoms with E-state index in [2.05, 4.69) is 0 Å². The van der Waals surface area contributed by atoms with Gasteiger partial charge in [0.2, 0.25) is 41.1 Å². The van der Waals surface area contributed by atoms with Crippen LogP contribution < -0.4 is 10.5 Å². The van der Waals surface area contributed by atoms with Crippen LogP contribution in [0.5, 0.6) is 5.75 Å². The summed E-state index contributed by atoms with van der Waals surface area (Å²) in [5.41, 5.74) is 6.25. The average molecular weight is 548 g/mol. The largest absolute Gasteiger partial charge is 0.467 e. The van der Waals surface area contributed by atoms with E-state index in [0.717, 1.165) is 11.3 Å². The number of rotatable bonds is 9. The van der Waals surface area contributed by atoms with E-state index in [1.807, 2.05) is 0 Å². The normalized spacial score (nSPS) is 11.8. The van der Waals surface area contributed by atoms with Crippen LogP contribution in [-0.2, 0) is 20.7 Å². The third-order valence-corrected chi connectivity index (χ3v) is 6.39. The average Bonchev–Trinajstić information content (AvgIpc) is 3.37. The second-order valence-corrected chi connectivity index (χ2v) is 8.98. The van der Waals surface area contributed by atoms with Gasteiger partial charge in [-0.2, -0.15) is 8.78 Å². The van der Waals surface area contributed by atoms with E-state index in [4.69, 9.17) is 15.2 Å². The van der Waals surface area contributed by atoms with Gasteiger partial charge in [-0.3, -0.25) is 4.79 Å². The van der Waals surface area contributed by atoms with Crippen LogP contribution in [-0.4, -0.2) is 11.9 Å². The summed E-state index contributed by atoms with van der Waals surface area (Å²) in [5.74, 6) is -15.1. The van der Waals surface area contributed by atoms with Crippen LogP contribution in [0.4, 0.5) is 22.0 Å². The van der Waals surface area contributed by atoms with Crippen LogP contribution in [0.2, 0.25) is 0 Å². The molecule has 0 aliphatic carbocycles. The predicted octanol–water partition coefficient (Wildman–Crippen LogP) is 5.92. The molecule has 5 nitrogen and oxygen atoms in total. The molecule has 0 radical (unpaired) electrons. The molecule has 4 rings (SSSR count). The minimum Gasteiger partial charge on any atom is -0.467 e. The van der Waals surface area contributed by atoms with Crippen molar-refractivity contribution in [1.82, 2.24) is 0 Å². The molecule has 1 atom stereocenters. The van der Waals surface area contributed by atoms with Crippen molar-refractivity contribution in [2.45, 2.75) is 18.6 Å². The van der Waals surface area contributed by atoms with Gasteiger partial charge in [0, 0.05) is 10.4 Å². The van der Waals surface area contributed by atoms with Gasteiger partial charge in [-0.25, -0.2) is 18.0 Å². The molecule has 4 aromatic rings. The van der Waals surface area contributed by atoms with Crippen LogP contribution in [0.15, 0.2) is 72.1 Å². The second-order valence-electron chi connectivity index (χ2n) is 7.98. The van der Waals surface area contributed by atoms with Gasteiger partial charge in [-0.15, -0.1) is 11.3 Å². The Morgan fingerprint density at radius 3 is 1.76 bits per heavy atom. The van der Waals surface area contributed by atoms with Gasteiger partial charge < -0.3 is 15.2 Å². The molecule has 3 aromatic carbocycles. The standard InChI is InChI=1S/C27H18F5NO4S/c28-19-20(29)22(31)26(23(32)21(19)30)36-25(16-11-12-38-17(16)13-18(33)34)27(35)37-24(14-7-3-1-4-8-14)15-9-5-2-6-10-15/h1-12,24-25H,13H2,(H2,33,34). The summed E-state index contributed by atoms with van der Waals surface area (Å²) in [4.78, 5) is 25.3. The quantitative estimate of drug-likeness (QED) is 0.122. The Hall–Kier alpha value is -4.25. The summed E-state index contributed by atoms with van der Waals surface area (Å²) < 4.78 is 81.3. The maximum Gasteiger partial charge on any atom is 0.353 e. The molecular weight excluding hydrogens is 529 g/mol. The molecule has 1 aromatic heterocycles. The number of ether oxygens (including phenoxy) is 2.